The van der Waals surface area contributed by atoms with E-state index in [1.165, 1.54) is 11.1 Å². The predicted molar refractivity (Wildman–Crippen MR) is 68.8 cm³/mol. The second-order valence-corrected chi connectivity index (χ2v) is 4.63. The minimum Gasteiger partial charge on any atom is -0.496 e. The Hall–Kier alpha value is -1.10. The maximum atomic E-state index is 5.75. The molecule has 0 amide bonds. The summed E-state index contributed by atoms with van der Waals surface area (Å²) in [7, 11) is 1.73. The second-order valence-electron chi connectivity index (χ2n) is 4.63. The third kappa shape index (κ3) is 3.19. The lowest BCUT2D eigenvalue weighted by Gasteiger charge is -2.32. The Balaban J connectivity index is 2.04. The number of aryl methyl sites for hydroxylation is 1. The summed E-state index contributed by atoms with van der Waals surface area (Å²) in [6.45, 7) is 6.98. The van der Waals surface area contributed by atoms with Crippen molar-refractivity contribution in [3.63, 3.8) is 0 Å². The molecule has 17 heavy (non-hydrogen) atoms. The number of hydrogen-bond acceptors (Lipinski definition) is 4. The van der Waals surface area contributed by atoms with Crippen LogP contribution in [0.4, 0.5) is 0 Å². The summed E-state index contributed by atoms with van der Waals surface area (Å²) >= 11 is 0. The zero-order valence-electron chi connectivity index (χ0n) is 10.6. The molecule has 2 rings (SSSR count). The fraction of sp³-hybridized carbons (Fsp3) is 0.538. The van der Waals surface area contributed by atoms with Crippen molar-refractivity contribution in [1.29, 1.82) is 0 Å². The van der Waals surface area contributed by atoms with Crippen molar-refractivity contribution in [3.8, 4) is 5.75 Å². The summed E-state index contributed by atoms with van der Waals surface area (Å²) in [5.41, 5.74) is 2.54. The number of hydrogen-bond donors (Lipinski definition) is 1. The van der Waals surface area contributed by atoms with Crippen molar-refractivity contribution in [2.75, 3.05) is 33.3 Å². The molecule has 4 heteroatoms. The minimum absolute atomic E-state index is 0.939. The lowest BCUT2D eigenvalue weighted by molar-refractivity contribution is 0.127. The summed E-state index contributed by atoms with van der Waals surface area (Å²) < 4.78 is 5.40. The van der Waals surface area contributed by atoms with Crippen LogP contribution in [0.1, 0.15) is 11.1 Å². The van der Waals surface area contributed by atoms with Crippen LogP contribution in [0.2, 0.25) is 0 Å². The topological polar surface area (TPSA) is 41.7 Å². The molecule has 0 aromatic heterocycles. The molecule has 1 aliphatic heterocycles. The molecule has 0 atom stereocenters. The lowest BCUT2D eigenvalue weighted by atomic mass is 10.1. The zero-order valence-corrected chi connectivity index (χ0v) is 10.6. The second kappa shape index (κ2) is 5.49. The lowest BCUT2D eigenvalue weighted by Crippen LogP contribution is -2.48. The van der Waals surface area contributed by atoms with Gasteiger partial charge in [0.05, 0.1) is 7.11 Å². The SMILES string of the molecule is COc1ccc(C)cc1CN1CCN(N)CC1. The van der Waals surface area contributed by atoms with Crippen LogP contribution in [-0.2, 0) is 6.54 Å². The van der Waals surface area contributed by atoms with Crippen LogP contribution < -0.4 is 10.6 Å². The first-order valence-corrected chi connectivity index (χ1v) is 6.04. The average Bonchev–Trinajstić information content (AvgIpc) is 2.32. The van der Waals surface area contributed by atoms with E-state index in [1.807, 2.05) is 11.1 Å². The van der Waals surface area contributed by atoms with Gasteiger partial charge in [0, 0.05) is 38.3 Å². The van der Waals surface area contributed by atoms with E-state index < -0.39 is 0 Å². The van der Waals surface area contributed by atoms with E-state index in [1.54, 1.807) is 7.11 Å². The summed E-state index contributed by atoms with van der Waals surface area (Å²) in [6, 6.07) is 6.33. The first-order valence-electron chi connectivity index (χ1n) is 6.04. The third-order valence-electron chi connectivity index (χ3n) is 3.24. The highest BCUT2D eigenvalue weighted by Gasteiger charge is 2.15. The van der Waals surface area contributed by atoms with E-state index in [0.717, 1.165) is 38.5 Å². The summed E-state index contributed by atoms with van der Waals surface area (Å²) in [4.78, 5) is 2.42. The van der Waals surface area contributed by atoms with E-state index in [9.17, 15) is 0 Å². The van der Waals surface area contributed by atoms with Gasteiger partial charge in [-0.3, -0.25) is 10.7 Å². The van der Waals surface area contributed by atoms with E-state index in [4.69, 9.17) is 10.6 Å². The van der Waals surface area contributed by atoms with Gasteiger partial charge >= 0.3 is 0 Å². The quantitative estimate of drug-likeness (QED) is 0.794. The zero-order chi connectivity index (χ0) is 12.3. The molecule has 1 saturated heterocycles. The van der Waals surface area contributed by atoms with Gasteiger partial charge < -0.3 is 4.74 Å². The van der Waals surface area contributed by atoms with Crippen LogP contribution in [0.25, 0.3) is 0 Å². The summed E-state index contributed by atoms with van der Waals surface area (Å²) in [6.07, 6.45) is 0. The Morgan fingerprint density at radius 1 is 1.24 bits per heavy atom. The van der Waals surface area contributed by atoms with Gasteiger partial charge in [-0.1, -0.05) is 17.7 Å². The van der Waals surface area contributed by atoms with Crippen LogP contribution in [-0.4, -0.2) is 43.2 Å². The fourth-order valence-electron chi connectivity index (χ4n) is 2.19. The monoisotopic (exact) mass is 235 g/mol. The maximum absolute atomic E-state index is 5.75. The molecule has 0 unspecified atom stereocenters. The minimum atomic E-state index is 0.939. The average molecular weight is 235 g/mol. The normalized spacial score (nSPS) is 18.3. The largest absolute Gasteiger partial charge is 0.496 e. The molecular formula is C13H21N3O. The highest BCUT2D eigenvalue weighted by atomic mass is 16.5. The number of hydrazine groups is 1. The van der Waals surface area contributed by atoms with E-state index >= 15 is 0 Å². The Morgan fingerprint density at radius 2 is 1.94 bits per heavy atom. The Kier molecular flexibility index (Phi) is 3.99. The molecule has 0 bridgehead atoms. The predicted octanol–water partition coefficient (Wildman–Crippen LogP) is 0.995. The van der Waals surface area contributed by atoms with E-state index in [-0.39, 0.29) is 0 Å². The number of methoxy groups -OCH3 is 1. The Morgan fingerprint density at radius 3 is 2.59 bits per heavy atom. The Labute approximate surface area is 103 Å². The van der Waals surface area contributed by atoms with Crippen LogP contribution >= 0.6 is 0 Å². The van der Waals surface area contributed by atoms with Crippen molar-refractivity contribution < 1.29 is 4.74 Å². The summed E-state index contributed by atoms with van der Waals surface area (Å²) in [5.74, 6) is 6.73. The van der Waals surface area contributed by atoms with Gasteiger partial charge in [0.25, 0.3) is 0 Å². The molecular weight excluding hydrogens is 214 g/mol. The molecule has 0 radical (unpaired) electrons. The highest BCUT2D eigenvalue weighted by molar-refractivity contribution is 5.36. The standard InChI is InChI=1S/C13H21N3O/c1-11-3-4-13(17-2)12(9-11)10-15-5-7-16(14)8-6-15/h3-4,9H,5-8,10,14H2,1-2H3. The number of benzene rings is 1. The number of nitrogens with two attached hydrogens (primary N) is 1. The first kappa shape index (κ1) is 12.4. The number of nitrogens with zero attached hydrogens (tertiary/aromatic N) is 2. The summed E-state index contributed by atoms with van der Waals surface area (Å²) in [5, 5.41) is 1.88. The number of rotatable bonds is 3. The highest BCUT2D eigenvalue weighted by Crippen LogP contribution is 2.21. The van der Waals surface area contributed by atoms with Crippen molar-refractivity contribution >= 4 is 0 Å². The maximum Gasteiger partial charge on any atom is 0.123 e. The fourth-order valence-corrected chi connectivity index (χ4v) is 2.19. The molecule has 1 aromatic rings. The number of ether oxygens (including phenoxy) is 1. The number of piperazine rings is 1. The smallest absolute Gasteiger partial charge is 0.123 e. The van der Waals surface area contributed by atoms with Crippen LogP contribution in [0.15, 0.2) is 18.2 Å². The molecule has 1 heterocycles. The molecule has 2 N–H and O–H groups in total. The molecule has 4 nitrogen and oxygen atoms in total. The van der Waals surface area contributed by atoms with Crippen LogP contribution in [0.3, 0.4) is 0 Å². The third-order valence-corrected chi connectivity index (χ3v) is 3.24. The van der Waals surface area contributed by atoms with Gasteiger partial charge in [-0.15, -0.1) is 0 Å². The van der Waals surface area contributed by atoms with Crippen molar-refractivity contribution in [2.45, 2.75) is 13.5 Å². The van der Waals surface area contributed by atoms with Crippen molar-refractivity contribution in [2.24, 2.45) is 5.84 Å². The van der Waals surface area contributed by atoms with Gasteiger partial charge in [-0.2, -0.15) is 0 Å². The van der Waals surface area contributed by atoms with Gasteiger partial charge in [0.2, 0.25) is 0 Å². The molecule has 1 fully saturated rings. The van der Waals surface area contributed by atoms with Crippen LogP contribution in [0.5, 0.6) is 5.75 Å². The van der Waals surface area contributed by atoms with Gasteiger partial charge in [0.15, 0.2) is 0 Å². The molecule has 1 aromatic carbocycles. The van der Waals surface area contributed by atoms with E-state index in [2.05, 4.69) is 24.0 Å². The van der Waals surface area contributed by atoms with Crippen LogP contribution in [0, 0.1) is 6.92 Å². The van der Waals surface area contributed by atoms with Crippen molar-refractivity contribution in [1.82, 2.24) is 9.91 Å². The van der Waals surface area contributed by atoms with Gasteiger partial charge in [0.1, 0.15) is 5.75 Å². The van der Waals surface area contributed by atoms with E-state index in [0.29, 0.717) is 0 Å². The van der Waals surface area contributed by atoms with Crippen molar-refractivity contribution in [3.05, 3.63) is 29.3 Å². The molecule has 0 spiro atoms. The first-order chi connectivity index (χ1) is 8.19. The molecule has 94 valence electrons. The molecule has 0 saturated carbocycles. The molecule has 1 aliphatic rings. The van der Waals surface area contributed by atoms with Gasteiger partial charge in [-0.25, -0.2) is 5.01 Å². The molecule has 0 aliphatic carbocycles. The van der Waals surface area contributed by atoms with Gasteiger partial charge in [-0.05, 0) is 13.0 Å². The Bertz CT molecular complexity index is 373.